The van der Waals surface area contributed by atoms with E-state index in [1.54, 1.807) is 12.1 Å². The van der Waals surface area contributed by atoms with Gasteiger partial charge in [-0.25, -0.2) is 0 Å². The molecule has 0 amide bonds. The zero-order valence-electron chi connectivity index (χ0n) is 5.16. The lowest BCUT2D eigenvalue weighted by atomic mass is 10.3. The van der Waals surface area contributed by atoms with Crippen molar-refractivity contribution in [2.45, 2.75) is 0 Å². The van der Waals surface area contributed by atoms with Gasteiger partial charge in [0.1, 0.15) is 5.69 Å². The van der Waals surface area contributed by atoms with Crippen molar-refractivity contribution in [1.82, 2.24) is 0 Å². The molecule has 0 radical (unpaired) electrons. The van der Waals surface area contributed by atoms with Crippen LogP contribution in [0.2, 0.25) is 0 Å². The lowest BCUT2D eigenvalue weighted by Crippen LogP contribution is -3.00. The first-order valence-electron chi connectivity index (χ1n) is 2.58. The molecule has 1 rings (SSSR count). The second kappa shape index (κ2) is 4.59. The highest BCUT2D eigenvalue weighted by molar-refractivity contribution is 5.42. The van der Waals surface area contributed by atoms with Crippen molar-refractivity contribution < 1.29 is 12.4 Å². The first-order chi connectivity index (χ1) is 4.43. The minimum absolute atomic E-state index is 0. The van der Waals surface area contributed by atoms with E-state index in [0.717, 1.165) is 5.69 Å². The van der Waals surface area contributed by atoms with E-state index in [1.807, 2.05) is 18.2 Å². The van der Waals surface area contributed by atoms with Crippen molar-refractivity contribution in [2.75, 3.05) is 5.43 Å². The number of nitrogens with one attached hydrogen (secondary N) is 1. The number of hydrogen-bond acceptors (Lipinski definition) is 2. The zero-order valence-corrected chi connectivity index (χ0v) is 5.92. The molecule has 4 heteroatoms. The molecule has 0 aliphatic carbocycles. The number of benzene rings is 1. The summed E-state index contributed by atoms with van der Waals surface area (Å²) in [4.78, 5) is 0. The predicted octanol–water partition coefficient (Wildman–Crippen LogP) is -1.13. The van der Waals surface area contributed by atoms with Gasteiger partial charge in [0.15, 0.2) is 0 Å². The number of rotatable bonds is 1. The van der Waals surface area contributed by atoms with E-state index >= 15 is 0 Å². The van der Waals surface area contributed by atoms with E-state index in [2.05, 4.69) is 10.5 Å². The molecule has 3 nitrogen and oxygen atoms in total. The lowest BCUT2D eigenvalue weighted by molar-refractivity contribution is -0.00000206. The Morgan fingerprint density at radius 2 is 1.80 bits per heavy atom. The van der Waals surface area contributed by atoms with Crippen molar-refractivity contribution in [3.05, 3.63) is 35.4 Å². The highest BCUT2D eigenvalue weighted by Crippen LogP contribution is 2.03. The van der Waals surface area contributed by atoms with Crippen molar-refractivity contribution >= 4 is 5.69 Å². The van der Waals surface area contributed by atoms with Crippen LogP contribution in [0.1, 0.15) is 0 Å². The van der Waals surface area contributed by atoms with E-state index in [0.29, 0.717) is 0 Å². The maximum atomic E-state index is 8.03. The van der Waals surface area contributed by atoms with E-state index in [-0.39, 0.29) is 12.4 Å². The van der Waals surface area contributed by atoms with Crippen LogP contribution in [0.25, 0.3) is 5.08 Å². The summed E-state index contributed by atoms with van der Waals surface area (Å²) < 4.78 is 0. The summed E-state index contributed by atoms with van der Waals surface area (Å²) in [5.74, 6) is 0. The van der Waals surface area contributed by atoms with Crippen LogP contribution in [0.5, 0.6) is 0 Å². The number of diazo groups is 1. The molecule has 0 unspecified atom stereocenters. The second-order valence-electron chi connectivity index (χ2n) is 1.58. The molecule has 0 heterocycles. The van der Waals surface area contributed by atoms with Gasteiger partial charge in [-0.2, -0.15) is 0 Å². The molecule has 0 atom stereocenters. The maximum Gasteiger partial charge on any atom is 0.308 e. The van der Waals surface area contributed by atoms with Crippen LogP contribution in [0, 0.1) is 5.39 Å². The average Bonchev–Trinajstić information content (AvgIpc) is 1.91. The van der Waals surface area contributed by atoms with Crippen LogP contribution in [0.3, 0.4) is 0 Å². The molecule has 0 aliphatic heterocycles. The van der Waals surface area contributed by atoms with Crippen molar-refractivity contribution in [3.8, 4) is 0 Å². The summed E-state index contributed by atoms with van der Waals surface area (Å²) in [5, 5.41) is 10.8. The van der Waals surface area contributed by atoms with Crippen molar-refractivity contribution in [3.63, 3.8) is 0 Å². The van der Waals surface area contributed by atoms with Gasteiger partial charge in [0, 0.05) is 0 Å². The Morgan fingerprint density at radius 3 is 2.30 bits per heavy atom. The van der Waals surface area contributed by atoms with Gasteiger partial charge in [0.2, 0.25) is 0 Å². The number of para-hydroxylation sites is 1. The van der Waals surface area contributed by atoms with Crippen molar-refractivity contribution in [1.29, 1.82) is 5.39 Å². The molecule has 1 aromatic rings. The molecule has 1 N–H and O–H groups in total. The molecule has 0 fully saturated rings. The fourth-order valence-electron chi connectivity index (χ4n) is 0.570. The lowest BCUT2D eigenvalue weighted by Gasteiger charge is -1.82. The first-order valence-corrected chi connectivity index (χ1v) is 2.58. The van der Waals surface area contributed by atoms with Gasteiger partial charge >= 0.3 is 5.08 Å². The molecule has 0 aliphatic rings. The number of halogens is 1. The van der Waals surface area contributed by atoms with Gasteiger partial charge in [0.05, 0.1) is 0 Å². The summed E-state index contributed by atoms with van der Waals surface area (Å²) in [6.45, 7) is 0. The van der Waals surface area contributed by atoms with Gasteiger partial charge in [-0.15, -0.1) is 0 Å². The summed E-state index contributed by atoms with van der Waals surface area (Å²) in [5.41, 5.74) is 3.17. The number of nitrogens with zero attached hydrogens (tertiary/aromatic N) is 2. The summed E-state index contributed by atoms with van der Waals surface area (Å²) in [7, 11) is 0. The molecule has 1 aromatic carbocycles. The number of hydrogen-bond donors (Lipinski definition) is 1. The van der Waals surface area contributed by atoms with Gasteiger partial charge in [-0.3, -0.25) is 0 Å². The third kappa shape index (κ3) is 2.33. The van der Waals surface area contributed by atoms with E-state index in [4.69, 9.17) is 5.39 Å². The third-order valence-electron chi connectivity index (χ3n) is 0.953. The van der Waals surface area contributed by atoms with E-state index < -0.39 is 0 Å². The van der Waals surface area contributed by atoms with Crippen LogP contribution in [-0.4, -0.2) is 0 Å². The quantitative estimate of drug-likeness (QED) is 0.412. The molecular weight excluding hydrogens is 150 g/mol. The Hall–Kier alpha value is -1.27. The predicted molar refractivity (Wildman–Crippen MR) is 35.1 cm³/mol. The molecule has 0 saturated heterocycles. The standard InChI is InChI=1S/C6H6N3.ClH/c7-9-8-6-4-2-1-3-5-6;/h1-5,8H;1H/q+1;/p-1. The third-order valence-corrected chi connectivity index (χ3v) is 0.953. The average molecular weight is 156 g/mol. The Balaban J connectivity index is 0.000000810. The molecule has 0 bridgehead atoms. The first kappa shape index (κ1) is 8.73. The monoisotopic (exact) mass is 155 g/mol. The highest BCUT2D eigenvalue weighted by atomic mass is 35.5. The molecule has 0 aromatic heterocycles. The van der Waals surface area contributed by atoms with Crippen LogP contribution in [0.4, 0.5) is 5.69 Å². The Kier molecular flexibility index (Phi) is 4.01. The topological polar surface area (TPSA) is 40.2 Å². The smallest absolute Gasteiger partial charge is 0.308 e. The van der Waals surface area contributed by atoms with Crippen LogP contribution < -0.4 is 17.8 Å². The molecule has 0 spiro atoms. The molecular formula is C6H6ClN3. The normalized spacial score (nSPS) is 7.10. The summed E-state index contributed by atoms with van der Waals surface area (Å²) in [6, 6.07) is 9.21. The SMILES string of the molecule is N#[N+]Nc1ccccc1.[Cl-]. The van der Waals surface area contributed by atoms with Crippen molar-refractivity contribution in [2.24, 2.45) is 0 Å². The summed E-state index contributed by atoms with van der Waals surface area (Å²) >= 11 is 0. The van der Waals surface area contributed by atoms with E-state index in [1.165, 1.54) is 0 Å². The van der Waals surface area contributed by atoms with Gasteiger partial charge in [-0.1, -0.05) is 18.2 Å². The Bertz CT molecular complexity index is 216. The number of anilines is 1. The Morgan fingerprint density at radius 1 is 1.20 bits per heavy atom. The minimum Gasteiger partial charge on any atom is -1.00 e. The van der Waals surface area contributed by atoms with Gasteiger partial charge in [0.25, 0.3) is 5.39 Å². The van der Waals surface area contributed by atoms with Crippen LogP contribution >= 0.6 is 0 Å². The van der Waals surface area contributed by atoms with Gasteiger partial charge < -0.3 is 12.4 Å². The van der Waals surface area contributed by atoms with Crippen LogP contribution in [0.15, 0.2) is 30.3 Å². The molecule has 10 heavy (non-hydrogen) atoms. The molecule has 0 saturated carbocycles. The largest absolute Gasteiger partial charge is 1.00 e. The fraction of sp³-hybridized carbons (Fsp3) is 0. The second-order valence-corrected chi connectivity index (χ2v) is 1.58. The van der Waals surface area contributed by atoms with Gasteiger partial charge in [-0.05, 0) is 17.6 Å². The fourth-order valence-corrected chi connectivity index (χ4v) is 0.570. The Labute approximate surface area is 65.1 Å². The summed E-state index contributed by atoms with van der Waals surface area (Å²) in [6.07, 6.45) is 0. The van der Waals surface area contributed by atoms with E-state index in [9.17, 15) is 0 Å². The minimum atomic E-state index is 0. The molecule has 52 valence electrons. The highest BCUT2D eigenvalue weighted by Gasteiger charge is 1.90. The maximum absolute atomic E-state index is 8.03. The van der Waals surface area contributed by atoms with Crippen LogP contribution in [-0.2, 0) is 0 Å². The zero-order chi connectivity index (χ0) is 6.53.